The Bertz CT molecular complexity index is 1020. The van der Waals surface area contributed by atoms with E-state index in [4.69, 9.17) is 9.72 Å². The number of nitrogens with zero attached hydrogens (tertiary/aromatic N) is 2. The molecule has 0 bridgehead atoms. The Morgan fingerprint density at radius 3 is 2.81 bits per heavy atom. The first-order valence-electron chi connectivity index (χ1n) is 8.94. The number of hydrogen-bond donors (Lipinski definition) is 1. The van der Waals surface area contributed by atoms with Gasteiger partial charge >= 0.3 is 0 Å². The molecular weight excluding hydrogens is 326 g/mol. The van der Waals surface area contributed by atoms with Crippen LogP contribution in [0.15, 0.2) is 30.3 Å². The van der Waals surface area contributed by atoms with E-state index in [1.54, 1.807) is 7.05 Å². The Morgan fingerprint density at radius 1 is 1.31 bits per heavy atom. The van der Waals surface area contributed by atoms with Gasteiger partial charge in [-0.15, -0.1) is 0 Å². The highest BCUT2D eigenvalue weighted by Gasteiger charge is 2.29. The lowest BCUT2D eigenvalue weighted by Gasteiger charge is -2.29. The van der Waals surface area contributed by atoms with Gasteiger partial charge in [-0.25, -0.2) is 4.98 Å². The maximum absolute atomic E-state index is 12.5. The molecule has 4 rings (SSSR count). The van der Waals surface area contributed by atoms with E-state index in [-0.39, 0.29) is 12.0 Å². The van der Waals surface area contributed by atoms with Crippen LogP contribution in [0, 0.1) is 13.8 Å². The zero-order valence-electron chi connectivity index (χ0n) is 15.6. The molecule has 0 aliphatic carbocycles. The standard InChI is InChI=1S/C21H23N3O2/c1-12-7-5-6-8-14(12)18-10-9-15-16(21(25)22-3)11-17-19(20(15)26-18)23-13(2)24(17)4/h5-8,11,18H,9-10H2,1-4H3,(H,22,25)/t18-/m0/s1. The summed E-state index contributed by atoms with van der Waals surface area (Å²) >= 11 is 0. The summed E-state index contributed by atoms with van der Waals surface area (Å²) in [5.41, 5.74) is 5.82. The Hall–Kier alpha value is -2.82. The van der Waals surface area contributed by atoms with Crippen LogP contribution < -0.4 is 10.1 Å². The lowest BCUT2D eigenvalue weighted by atomic mass is 9.91. The lowest BCUT2D eigenvalue weighted by Crippen LogP contribution is -2.23. The predicted molar refractivity (Wildman–Crippen MR) is 102 cm³/mol. The van der Waals surface area contributed by atoms with Crippen LogP contribution in [0.1, 0.15) is 45.4 Å². The van der Waals surface area contributed by atoms with E-state index >= 15 is 0 Å². The normalized spacial score (nSPS) is 16.2. The van der Waals surface area contributed by atoms with Crippen molar-refractivity contribution in [3.63, 3.8) is 0 Å². The first-order valence-corrected chi connectivity index (χ1v) is 8.94. The predicted octanol–water partition coefficient (Wildman–Crippen LogP) is 3.62. The van der Waals surface area contributed by atoms with Crippen LogP contribution in [0.25, 0.3) is 11.0 Å². The summed E-state index contributed by atoms with van der Waals surface area (Å²) in [7, 11) is 3.62. The van der Waals surface area contributed by atoms with Crippen molar-refractivity contribution in [3.8, 4) is 5.75 Å². The molecular formula is C21H23N3O2. The first kappa shape index (κ1) is 16.6. The number of carbonyl (C=O) groups is 1. The van der Waals surface area contributed by atoms with Gasteiger partial charge in [0.25, 0.3) is 5.91 Å². The van der Waals surface area contributed by atoms with E-state index in [9.17, 15) is 4.79 Å². The summed E-state index contributed by atoms with van der Waals surface area (Å²) in [4.78, 5) is 17.2. The third-order valence-electron chi connectivity index (χ3n) is 5.38. The number of amides is 1. The van der Waals surface area contributed by atoms with Crippen LogP contribution in [0.3, 0.4) is 0 Å². The van der Waals surface area contributed by atoms with Gasteiger partial charge in [0.1, 0.15) is 17.4 Å². The van der Waals surface area contributed by atoms with E-state index in [2.05, 4.69) is 24.4 Å². The van der Waals surface area contributed by atoms with E-state index in [1.807, 2.05) is 36.7 Å². The Labute approximate surface area is 153 Å². The van der Waals surface area contributed by atoms with Gasteiger partial charge in [0.2, 0.25) is 0 Å². The van der Waals surface area contributed by atoms with Crippen molar-refractivity contribution in [3.05, 3.63) is 58.4 Å². The molecule has 1 aromatic heterocycles. The van der Waals surface area contributed by atoms with Crippen molar-refractivity contribution in [2.24, 2.45) is 7.05 Å². The molecule has 134 valence electrons. The van der Waals surface area contributed by atoms with Gasteiger partial charge < -0.3 is 14.6 Å². The molecule has 0 unspecified atom stereocenters. The average molecular weight is 349 g/mol. The topological polar surface area (TPSA) is 56.2 Å². The van der Waals surface area contributed by atoms with Crippen LogP contribution in [0.5, 0.6) is 5.75 Å². The fraction of sp³-hybridized carbons (Fsp3) is 0.333. The molecule has 5 nitrogen and oxygen atoms in total. The quantitative estimate of drug-likeness (QED) is 0.769. The number of fused-ring (bicyclic) bond motifs is 3. The Morgan fingerprint density at radius 2 is 2.08 bits per heavy atom. The number of benzene rings is 2. The third kappa shape index (κ3) is 2.46. The summed E-state index contributed by atoms with van der Waals surface area (Å²) in [5, 5.41) is 2.75. The molecule has 5 heteroatoms. The van der Waals surface area contributed by atoms with E-state index in [0.717, 1.165) is 41.0 Å². The molecule has 26 heavy (non-hydrogen) atoms. The van der Waals surface area contributed by atoms with Gasteiger partial charge in [-0.2, -0.15) is 0 Å². The van der Waals surface area contributed by atoms with Crippen molar-refractivity contribution in [2.75, 3.05) is 7.05 Å². The molecule has 2 aromatic carbocycles. The number of rotatable bonds is 2. The number of hydrogen-bond acceptors (Lipinski definition) is 3. The zero-order valence-corrected chi connectivity index (χ0v) is 15.6. The number of nitrogens with one attached hydrogen (secondary N) is 1. The molecule has 1 atom stereocenters. The van der Waals surface area contributed by atoms with Crippen molar-refractivity contribution in [1.82, 2.24) is 14.9 Å². The molecule has 0 spiro atoms. The molecule has 1 aliphatic rings. The Kier molecular flexibility index (Phi) is 3.94. The van der Waals surface area contributed by atoms with Gasteiger partial charge in [-0.05, 0) is 43.9 Å². The largest absolute Gasteiger partial charge is 0.483 e. The summed E-state index contributed by atoms with van der Waals surface area (Å²) in [6, 6.07) is 10.2. The SMILES string of the molecule is CNC(=O)c1cc2c(nc(C)n2C)c2c1CC[C@@H](c1ccccc1C)O2. The minimum absolute atomic E-state index is 0.0193. The summed E-state index contributed by atoms with van der Waals surface area (Å²) < 4.78 is 8.46. The summed E-state index contributed by atoms with van der Waals surface area (Å²) in [6.07, 6.45) is 1.62. The van der Waals surface area contributed by atoms with Gasteiger partial charge in [-0.3, -0.25) is 4.79 Å². The van der Waals surface area contributed by atoms with E-state index in [1.165, 1.54) is 11.1 Å². The number of ether oxygens (including phenoxy) is 1. The Balaban J connectivity index is 1.90. The monoisotopic (exact) mass is 349 g/mol. The maximum Gasteiger partial charge on any atom is 0.251 e. The van der Waals surface area contributed by atoms with Gasteiger partial charge in [0.05, 0.1) is 5.52 Å². The molecule has 0 saturated carbocycles. The highest BCUT2D eigenvalue weighted by molar-refractivity contribution is 6.01. The highest BCUT2D eigenvalue weighted by atomic mass is 16.5. The van der Waals surface area contributed by atoms with Crippen molar-refractivity contribution in [1.29, 1.82) is 0 Å². The molecule has 1 amide bonds. The minimum atomic E-state index is -0.0834. The number of carbonyl (C=O) groups excluding carboxylic acids is 1. The van der Waals surface area contributed by atoms with Crippen molar-refractivity contribution in [2.45, 2.75) is 32.8 Å². The highest BCUT2D eigenvalue weighted by Crippen LogP contribution is 2.42. The second kappa shape index (κ2) is 6.16. The number of aryl methyl sites for hydroxylation is 3. The first-order chi connectivity index (χ1) is 12.5. The second-order valence-corrected chi connectivity index (χ2v) is 6.90. The molecule has 0 fully saturated rings. The fourth-order valence-electron chi connectivity index (χ4n) is 3.80. The van der Waals surface area contributed by atoms with Gasteiger partial charge in [0.15, 0.2) is 5.75 Å². The van der Waals surface area contributed by atoms with Crippen LogP contribution >= 0.6 is 0 Å². The molecule has 1 aliphatic heterocycles. The van der Waals surface area contributed by atoms with Crippen molar-refractivity contribution >= 4 is 16.9 Å². The van der Waals surface area contributed by atoms with Crippen molar-refractivity contribution < 1.29 is 9.53 Å². The molecule has 3 aromatic rings. The minimum Gasteiger partial charge on any atom is -0.483 e. The lowest BCUT2D eigenvalue weighted by molar-refractivity contribution is 0.0959. The average Bonchev–Trinajstić information content (AvgIpc) is 2.95. The van der Waals surface area contributed by atoms with E-state index < -0.39 is 0 Å². The van der Waals surface area contributed by atoms with Gasteiger partial charge in [0, 0.05) is 25.2 Å². The fourth-order valence-corrected chi connectivity index (χ4v) is 3.80. The van der Waals surface area contributed by atoms with E-state index in [0.29, 0.717) is 5.56 Å². The smallest absolute Gasteiger partial charge is 0.251 e. The molecule has 0 saturated heterocycles. The molecule has 0 radical (unpaired) electrons. The molecule has 1 N–H and O–H groups in total. The zero-order chi connectivity index (χ0) is 18.4. The molecule has 2 heterocycles. The number of aromatic nitrogens is 2. The van der Waals surface area contributed by atoms with Crippen LogP contribution in [-0.2, 0) is 13.5 Å². The third-order valence-corrected chi connectivity index (χ3v) is 5.38. The summed E-state index contributed by atoms with van der Waals surface area (Å²) in [6.45, 7) is 4.07. The second-order valence-electron chi connectivity index (χ2n) is 6.90. The van der Waals surface area contributed by atoms with Crippen LogP contribution in [0.4, 0.5) is 0 Å². The number of imidazole rings is 1. The van der Waals surface area contributed by atoms with Crippen LogP contribution in [0.2, 0.25) is 0 Å². The summed E-state index contributed by atoms with van der Waals surface area (Å²) in [5.74, 6) is 1.57. The van der Waals surface area contributed by atoms with Crippen LogP contribution in [-0.4, -0.2) is 22.5 Å². The maximum atomic E-state index is 12.5. The van der Waals surface area contributed by atoms with Gasteiger partial charge in [-0.1, -0.05) is 24.3 Å².